The van der Waals surface area contributed by atoms with Crippen molar-refractivity contribution in [2.24, 2.45) is 5.10 Å². The van der Waals surface area contributed by atoms with Crippen molar-refractivity contribution in [1.82, 2.24) is 10.7 Å². The van der Waals surface area contributed by atoms with E-state index in [-0.39, 0.29) is 24.2 Å². The van der Waals surface area contributed by atoms with Gasteiger partial charge in [0.1, 0.15) is 18.0 Å². The maximum absolute atomic E-state index is 12.5. The van der Waals surface area contributed by atoms with Gasteiger partial charge in [0, 0.05) is 0 Å². The second kappa shape index (κ2) is 14.0. The van der Waals surface area contributed by atoms with Gasteiger partial charge in [0.2, 0.25) is 10.0 Å². The number of carbonyl (C=O) groups is 2. The van der Waals surface area contributed by atoms with E-state index in [2.05, 4.69) is 15.8 Å². The van der Waals surface area contributed by atoms with Gasteiger partial charge in [0.25, 0.3) is 11.8 Å². The molecule has 2 N–H and O–H groups in total. The molecule has 0 aliphatic rings. The Hall–Kier alpha value is -4.38. The van der Waals surface area contributed by atoms with E-state index in [1.54, 1.807) is 55.5 Å². The number of amides is 2. The third-order valence-electron chi connectivity index (χ3n) is 5.45. The van der Waals surface area contributed by atoms with Crippen LogP contribution in [0.2, 0.25) is 0 Å². The van der Waals surface area contributed by atoms with Crippen LogP contribution in [-0.4, -0.2) is 52.5 Å². The van der Waals surface area contributed by atoms with Crippen molar-refractivity contribution in [2.75, 3.05) is 30.3 Å². The van der Waals surface area contributed by atoms with E-state index >= 15 is 0 Å². The molecule has 11 heteroatoms. The molecule has 10 nitrogen and oxygen atoms in total. The van der Waals surface area contributed by atoms with Gasteiger partial charge in [0.05, 0.1) is 30.8 Å². The Bertz CT molecular complexity index is 1380. The predicted molar refractivity (Wildman–Crippen MR) is 150 cm³/mol. The van der Waals surface area contributed by atoms with E-state index in [0.29, 0.717) is 23.7 Å². The molecular formula is C28H32N4O6S. The average molecular weight is 553 g/mol. The first-order valence-corrected chi connectivity index (χ1v) is 14.1. The summed E-state index contributed by atoms with van der Waals surface area (Å²) in [4.78, 5) is 24.7. The second-order valence-corrected chi connectivity index (χ2v) is 10.4. The minimum absolute atomic E-state index is 0.135. The van der Waals surface area contributed by atoms with Gasteiger partial charge >= 0.3 is 0 Å². The van der Waals surface area contributed by atoms with Crippen LogP contribution in [0.3, 0.4) is 0 Å². The Morgan fingerprint density at radius 1 is 0.949 bits per heavy atom. The zero-order valence-electron chi connectivity index (χ0n) is 22.0. The number of para-hydroxylation sites is 2. The zero-order valence-corrected chi connectivity index (χ0v) is 22.9. The van der Waals surface area contributed by atoms with Crippen LogP contribution in [0.1, 0.15) is 31.0 Å². The van der Waals surface area contributed by atoms with E-state index in [9.17, 15) is 18.0 Å². The van der Waals surface area contributed by atoms with E-state index in [1.165, 1.54) is 6.21 Å². The minimum Gasteiger partial charge on any atom is -0.492 e. The fourth-order valence-electron chi connectivity index (χ4n) is 3.57. The standard InChI is InChI=1S/C28H32N4O6S/c1-4-37-26-13-9-8-12-25(26)32(39(3,35)36)19-27(33)31-29-18-22-14-16-24(17-15-22)38-20-28(34)30-21(2)23-10-6-5-7-11-23/h5-18,21H,4,19-20H2,1-3H3,(H,30,34)(H,31,33)/b29-18-/t21-/m0/s1. The summed E-state index contributed by atoms with van der Waals surface area (Å²) in [6, 6.07) is 22.8. The molecule has 0 saturated heterocycles. The lowest BCUT2D eigenvalue weighted by Gasteiger charge is -2.23. The molecule has 0 fully saturated rings. The first-order chi connectivity index (χ1) is 18.7. The van der Waals surface area contributed by atoms with Gasteiger partial charge in [0.15, 0.2) is 6.61 Å². The summed E-state index contributed by atoms with van der Waals surface area (Å²) < 4.78 is 36.8. The van der Waals surface area contributed by atoms with Crippen LogP contribution in [0.4, 0.5) is 5.69 Å². The largest absolute Gasteiger partial charge is 0.492 e. The van der Waals surface area contributed by atoms with E-state index in [1.807, 2.05) is 37.3 Å². The van der Waals surface area contributed by atoms with Crippen LogP contribution in [0.25, 0.3) is 0 Å². The number of hydrazone groups is 1. The van der Waals surface area contributed by atoms with Crippen LogP contribution in [-0.2, 0) is 19.6 Å². The van der Waals surface area contributed by atoms with Crippen molar-refractivity contribution < 1.29 is 27.5 Å². The quantitative estimate of drug-likeness (QED) is 0.248. The summed E-state index contributed by atoms with van der Waals surface area (Å²) in [6.45, 7) is 3.42. The smallest absolute Gasteiger partial charge is 0.260 e. The maximum atomic E-state index is 12.5. The van der Waals surface area contributed by atoms with Gasteiger partial charge in [-0.2, -0.15) is 5.10 Å². The number of ether oxygens (including phenoxy) is 2. The molecule has 0 spiro atoms. The molecule has 0 aromatic heterocycles. The minimum atomic E-state index is -3.77. The highest BCUT2D eigenvalue weighted by Gasteiger charge is 2.23. The summed E-state index contributed by atoms with van der Waals surface area (Å²) in [7, 11) is -3.77. The van der Waals surface area contributed by atoms with Gasteiger partial charge < -0.3 is 14.8 Å². The summed E-state index contributed by atoms with van der Waals surface area (Å²) >= 11 is 0. The molecule has 39 heavy (non-hydrogen) atoms. The topological polar surface area (TPSA) is 126 Å². The average Bonchev–Trinajstić information content (AvgIpc) is 2.92. The van der Waals surface area contributed by atoms with Gasteiger partial charge in [-0.25, -0.2) is 13.8 Å². The van der Waals surface area contributed by atoms with Gasteiger partial charge in [-0.15, -0.1) is 0 Å². The van der Waals surface area contributed by atoms with Gasteiger partial charge in [-0.05, 0) is 61.4 Å². The second-order valence-electron chi connectivity index (χ2n) is 8.52. The summed E-state index contributed by atoms with van der Waals surface area (Å²) in [5.74, 6) is -0.0203. The van der Waals surface area contributed by atoms with Crippen molar-refractivity contribution in [3.8, 4) is 11.5 Å². The molecule has 0 radical (unpaired) electrons. The number of anilines is 1. The zero-order chi connectivity index (χ0) is 28.3. The monoisotopic (exact) mass is 552 g/mol. The number of hydrogen-bond acceptors (Lipinski definition) is 7. The molecule has 0 aliphatic carbocycles. The molecule has 0 unspecified atom stereocenters. The Kier molecular flexibility index (Phi) is 10.4. The number of nitrogens with zero attached hydrogens (tertiary/aromatic N) is 2. The van der Waals surface area contributed by atoms with E-state index < -0.39 is 22.5 Å². The molecule has 0 aliphatic heterocycles. The molecule has 3 aromatic rings. The van der Waals surface area contributed by atoms with Crippen molar-refractivity contribution in [1.29, 1.82) is 0 Å². The maximum Gasteiger partial charge on any atom is 0.260 e. The highest BCUT2D eigenvalue weighted by atomic mass is 32.2. The van der Waals surface area contributed by atoms with Crippen LogP contribution in [0.15, 0.2) is 84.0 Å². The first kappa shape index (κ1) is 29.2. The Morgan fingerprint density at radius 3 is 2.28 bits per heavy atom. The fourth-order valence-corrected chi connectivity index (χ4v) is 4.43. The normalized spacial score (nSPS) is 12.0. The number of rotatable bonds is 13. The van der Waals surface area contributed by atoms with Crippen LogP contribution in [0, 0.1) is 0 Å². The van der Waals surface area contributed by atoms with Gasteiger partial charge in [-0.1, -0.05) is 42.5 Å². The molecule has 0 bridgehead atoms. The Balaban J connectivity index is 1.51. The predicted octanol–water partition coefficient (Wildman–Crippen LogP) is 3.26. The first-order valence-electron chi connectivity index (χ1n) is 12.3. The molecular weight excluding hydrogens is 520 g/mol. The van der Waals surface area contributed by atoms with Crippen molar-refractivity contribution in [3.05, 3.63) is 90.0 Å². The third kappa shape index (κ3) is 9.15. The van der Waals surface area contributed by atoms with Gasteiger partial charge in [-0.3, -0.25) is 13.9 Å². The number of sulfonamides is 1. The highest BCUT2D eigenvalue weighted by Crippen LogP contribution is 2.29. The summed E-state index contributed by atoms with van der Waals surface area (Å²) in [6.07, 6.45) is 2.43. The lowest BCUT2D eigenvalue weighted by Crippen LogP contribution is -2.39. The number of nitrogens with one attached hydrogen (secondary N) is 2. The van der Waals surface area contributed by atoms with E-state index in [4.69, 9.17) is 9.47 Å². The lowest BCUT2D eigenvalue weighted by atomic mass is 10.1. The van der Waals surface area contributed by atoms with Crippen molar-refractivity contribution in [2.45, 2.75) is 19.9 Å². The van der Waals surface area contributed by atoms with Crippen molar-refractivity contribution >= 4 is 33.7 Å². The summed E-state index contributed by atoms with van der Waals surface area (Å²) in [5.41, 5.74) is 4.26. The summed E-state index contributed by atoms with van der Waals surface area (Å²) in [5, 5.41) is 6.80. The number of carbonyl (C=O) groups excluding carboxylic acids is 2. The lowest BCUT2D eigenvalue weighted by molar-refractivity contribution is -0.123. The SMILES string of the molecule is CCOc1ccccc1N(CC(=O)N/N=C\c1ccc(OCC(=O)N[C@@H](C)c2ccccc2)cc1)S(C)(=O)=O. The van der Waals surface area contributed by atoms with Crippen LogP contribution in [0.5, 0.6) is 11.5 Å². The molecule has 2 amide bonds. The van der Waals surface area contributed by atoms with Crippen molar-refractivity contribution in [3.63, 3.8) is 0 Å². The third-order valence-corrected chi connectivity index (χ3v) is 6.58. The Morgan fingerprint density at radius 2 is 1.62 bits per heavy atom. The van der Waals surface area contributed by atoms with Crippen LogP contribution < -0.4 is 24.5 Å². The molecule has 1 atom stereocenters. The molecule has 3 aromatic carbocycles. The highest BCUT2D eigenvalue weighted by molar-refractivity contribution is 7.92. The van der Waals surface area contributed by atoms with Crippen LogP contribution >= 0.6 is 0 Å². The molecule has 0 saturated carbocycles. The molecule has 3 rings (SSSR count). The molecule has 0 heterocycles. The Labute approximate surface area is 228 Å². The fraction of sp³-hybridized carbons (Fsp3) is 0.250. The molecule has 206 valence electrons. The van der Waals surface area contributed by atoms with E-state index in [0.717, 1.165) is 16.1 Å². The number of hydrogen-bond donors (Lipinski definition) is 2. The number of benzene rings is 3.